The number of carbonyl (C=O) groups is 1. The van der Waals surface area contributed by atoms with E-state index in [9.17, 15) is 9.59 Å². The molecule has 0 aliphatic heterocycles. The van der Waals surface area contributed by atoms with E-state index in [-0.39, 0.29) is 22.2 Å². The molecule has 0 saturated heterocycles. The van der Waals surface area contributed by atoms with Crippen LogP contribution in [-0.2, 0) is 7.05 Å². The lowest BCUT2D eigenvalue weighted by molar-refractivity contribution is 0.102. The lowest BCUT2D eigenvalue weighted by atomic mass is 10.2. The van der Waals surface area contributed by atoms with Crippen molar-refractivity contribution in [3.05, 3.63) is 70.6 Å². The maximum atomic E-state index is 12.8. The van der Waals surface area contributed by atoms with Crippen molar-refractivity contribution in [2.45, 2.75) is 6.92 Å². The summed E-state index contributed by atoms with van der Waals surface area (Å²) in [5.74, 6) is 0.209. The topological polar surface area (TPSA) is 103 Å². The van der Waals surface area contributed by atoms with E-state index in [4.69, 9.17) is 4.42 Å². The van der Waals surface area contributed by atoms with Gasteiger partial charge in [0.1, 0.15) is 28.3 Å². The van der Waals surface area contributed by atoms with Gasteiger partial charge in [0.15, 0.2) is 0 Å². The Bertz CT molecular complexity index is 1450. The summed E-state index contributed by atoms with van der Waals surface area (Å²) in [6.45, 7) is 1.62. The fourth-order valence-corrected chi connectivity index (χ4v) is 4.19. The Morgan fingerprint density at radius 3 is 2.77 bits per heavy atom. The smallest absolute Gasteiger partial charge is 0.265 e. The maximum absolute atomic E-state index is 12.8. The third kappa shape index (κ3) is 2.96. The van der Waals surface area contributed by atoms with Crippen LogP contribution in [0, 0.1) is 6.92 Å². The van der Waals surface area contributed by atoms with Crippen LogP contribution in [0.15, 0.2) is 58.1 Å². The molecule has 4 aromatic heterocycles. The SMILES string of the molecule is Cc1oc2ncn(C)c(=O)c2c1C(=O)Nc1ccc(-c2nc3ccccc3s2)cn1. The van der Waals surface area contributed by atoms with E-state index < -0.39 is 5.91 Å². The predicted molar refractivity (Wildman–Crippen MR) is 115 cm³/mol. The van der Waals surface area contributed by atoms with Gasteiger partial charge in [-0.25, -0.2) is 15.0 Å². The molecule has 5 rings (SSSR count). The Morgan fingerprint density at radius 2 is 2.00 bits per heavy atom. The van der Waals surface area contributed by atoms with Gasteiger partial charge in [0, 0.05) is 18.8 Å². The summed E-state index contributed by atoms with van der Waals surface area (Å²) >= 11 is 1.58. The molecular formula is C21H15N5O3S. The number of anilines is 1. The van der Waals surface area contributed by atoms with Gasteiger partial charge in [0.2, 0.25) is 5.71 Å². The summed E-state index contributed by atoms with van der Waals surface area (Å²) in [6.07, 6.45) is 3.02. The molecule has 0 aliphatic carbocycles. The van der Waals surface area contributed by atoms with Crippen molar-refractivity contribution in [1.29, 1.82) is 0 Å². The van der Waals surface area contributed by atoms with Crippen LogP contribution in [0.5, 0.6) is 0 Å². The molecule has 0 radical (unpaired) electrons. The minimum atomic E-state index is -0.475. The summed E-state index contributed by atoms with van der Waals surface area (Å²) < 4.78 is 7.89. The molecule has 148 valence electrons. The molecule has 4 heterocycles. The first-order chi connectivity index (χ1) is 14.5. The molecule has 1 N–H and O–H groups in total. The Balaban J connectivity index is 1.45. The fraction of sp³-hybridized carbons (Fsp3) is 0.0952. The summed E-state index contributed by atoms with van der Waals surface area (Å²) in [7, 11) is 1.57. The van der Waals surface area contributed by atoms with Crippen LogP contribution >= 0.6 is 11.3 Å². The van der Waals surface area contributed by atoms with Crippen molar-refractivity contribution in [3.8, 4) is 10.6 Å². The van der Waals surface area contributed by atoms with Gasteiger partial charge in [0.25, 0.3) is 11.5 Å². The zero-order chi connectivity index (χ0) is 20.8. The second kappa shape index (κ2) is 6.89. The second-order valence-corrected chi connectivity index (χ2v) is 7.78. The van der Waals surface area contributed by atoms with Crippen LogP contribution < -0.4 is 10.9 Å². The van der Waals surface area contributed by atoms with Crippen LogP contribution in [0.3, 0.4) is 0 Å². The number of hydrogen-bond donors (Lipinski definition) is 1. The van der Waals surface area contributed by atoms with Gasteiger partial charge in [-0.3, -0.25) is 9.59 Å². The van der Waals surface area contributed by atoms with E-state index in [1.807, 2.05) is 30.3 Å². The van der Waals surface area contributed by atoms with Gasteiger partial charge in [-0.2, -0.15) is 0 Å². The standard InChI is InChI=1S/C21H15N5O3S/c1-11-16(17-19(29-11)23-10-26(2)21(17)28)18(27)25-15-8-7-12(9-22-15)20-24-13-5-3-4-6-14(13)30-20/h3-10H,1-2H3,(H,22,25,27). The average molecular weight is 417 g/mol. The maximum Gasteiger partial charge on any atom is 0.265 e. The first kappa shape index (κ1) is 18.2. The number of amides is 1. The minimum absolute atomic E-state index is 0.139. The van der Waals surface area contributed by atoms with E-state index in [1.165, 1.54) is 10.9 Å². The molecule has 0 saturated carbocycles. The quantitative estimate of drug-likeness (QED) is 0.479. The monoisotopic (exact) mass is 417 g/mol. The number of pyridine rings is 1. The number of furan rings is 1. The molecule has 8 nitrogen and oxygen atoms in total. The highest BCUT2D eigenvalue weighted by atomic mass is 32.1. The van der Waals surface area contributed by atoms with E-state index in [1.54, 1.807) is 37.6 Å². The number of para-hydroxylation sites is 1. The lowest BCUT2D eigenvalue weighted by Gasteiger charge is -2.05. The molecule has 0 bridgehead atoms. The molecule has 0 aliphatic rings. The zero-order valence-electron chi connectivity index (χ0n) is 16.0. The van der Waals surface area contributed by atoms with Crippen LogP contribution in [0.1, 0.15) is 16.1 Å². The number of aryl methyl sites for hydroxylation is 2. The number of hydrogen-bond acceptors (Lipinski definition) is 7. The Hall–Kier alpha value is -3.85. The first-order valence-electron chi connectivity index (χ1n) is 9.09. The minimum Gasteiger partial charge on any atom is -0.442 e. The number of rotatable bonds is 3. The number of carbonyl (C=O) groups excluding carboxylic acids is 1. The summed E-state index contributed by atoms with van der Waals surface area (Å²) in [5.41, 5.74) is 1.75. The predicted octanol–water partition coefficient (Wildman–Crippen LogP) is 3.76. The van der Waals surface area contributed by atoms with Crippen molar-refractivity contribution in [2.75, 3.05) is 5.32 Å². The van der Waals surface area contributed by atoms with E-state index in [2.05, 4.69) is 20.3 Å². The number of aromatic nitrogens is 4. The van der Waals surface area contributed by atoms with Gasteiger partial charge in [-0.05, 0) is 31.2 Å². The lowest BCUT2D eigenvalue weighted by Crippen LogP contribution is -2.20. The second-order valence-electron chi connectivity index (χ2n) is 6.75. The summed E-state index contributed by atoms with van der Waals surface area (Å²) in [6, 6.07) is 11.5. The molecule has 1 aromatic carbocycles. The Labute approximate surface area is 173 Å². The molecule has 0 fully saturated rings. The third-order valence-electron chi connectivity index (χ3n) is 4.72. The summed E-state index contributed by atoms with van der Waals surface area (Å²) in [5, 5.41) is 3.73. The number of thiazole rings is 1. The molecule has 5 aromatic rings. The van der Waals surface area contributed by atoms with E-state index >= 15 is 0 Å². The van der Waals surface area contributed by atoms with Crippen molar-refractivity contribution in [1.82, 2.24) is 19.5 Å². The van der Waals surface area contributed by atoms with Crippen molar-refractivity contribution >= 4 is 44.4 Å². The van der Waals surface area contributed by atoms with Crippen molar-refractivity contribution < 1.29 is 9.21 Å². The molecule has 0 atom stereocenters. The zero-order valence-corrected chi connectivity index (χ0v) is 16.9. The molecule has 0 unspecified atom stereocenters. The van der Waals surface area contributed by atoms with Crippen molar-refractivity contribution in [2.24, 2.45) is 7.05 Å². The van der Waals surface area contributed by atoms with Gasteiger partial charge >= 0.3 is 0 Å². The average Bonchev–Trinajstić information content (AvgIpc) is 3.32. The van der Waals surface area contributed by atoms with Gasteiger partial charge in [-0.15, -0.1) is 11.3 Å². The van der Waals surface area contributed by atoms with Gasteiger partial charge in [-0.1, -0.05) is 12.1 Å². The Morgan fingerprint density at radius 1 is 1.17 bits per heavy atom. The molecule has 1 amide bonds. The van der Waals surface area contributed by atoms with Crippen molar-refractivity contribution in [3.63, 3.8) is 0 Å². The molecule has 0 spiro atoms. The fourth-order valence-electron chi connectivity index (χ4n) is 3.23. The number of benzene rings is 1. The number of nitrogens with one attached hydrogen (secondary N) is 1. The molecular weight excluding hydrogens is 402 g/mol. The largest absolute Gasteiger partial charge is 0.442 e. The molecule has 30 heavy (non-hydrogen) atoms. The Kier molecular flexibility index (Phi) is 4.18. The van der Waals surface area contributed by atoms with Crippen LogP contribution in [0.2, 0.25) is 0 Å². The highest BCUT2D eigenvalue weighted by molar-refractivity contribution is 7.21. The van der Waals surface area contributed by atoms with Gasteiger partial charge < -0.3 is 14.3 Å². The third-order valence-corrected chi connectivity index (χ3v) is 5.81. The van der Waals surface area contributed by atoms with Crippen LogP contribution in [0.25, 0.3) is 31.9 Å². The van der Waals surface area contributed by atoms with E-state index in [0.717, 1.165) is 20.8 Å². The first-order valence-corrected chi connectivity index (χ1v) is 9.91. The highest BCUT2D eigenvalue weighted by Gasteiger charge is 2.22. The molecule has 9 heteroatoms. The number of fused-ring (bicyclic) bond motifs is 2. The van der Waals surface area contributed by atoms with E-state index in [0.29, 0.717) is 11.6 Å². The normalized spacial score (nSPS) is 11.3. The summed E-state index contributed by atoms with van der Waals surface area (Å²) in [4.78, 5) is 38.3. The highest BCUT2D eigenvalue weighted by Crippen LogP contribution is 2.30. The number of nitrogens with zero attached hydrogens (tertiary/aromatic N) is 4. The van der Waals surface area contributed by atoms with Gasteiger partial charge in [0.05, 0.1) is 15.8 Å². The van der Waals surface area contributed by atoms with Crippen LogP contribution in [-0.4, -0.2) is 25.4 Å². The van der Waals surface area contributed by atoms with Crippen LogP contribution in [0.4, 0.5) is 5.82 Å².